The van der Waals surface area contributed by atoms with Crippen LogP contribution in [0.15, 0.2) is 73.1 Å². The molecule has 0 bridgehead atoms. The van der Waals surface area contributed by atoms with Crippen molar-refractivity contribution in [1.82, 2.24) is 20.0 Å². The van der Waals surface area contributed by atoms with Crippen LogP contribution in [0.4, 0.5) is 0 Å². The van der Waals surface area contributed by atoms with Crippen molar-refractivity contribution in [1.29, 1.82) is 0 Å². The highest BCUT2D eigenvalue weighted by Crippen LogP contribution is 2.25. The number of aromatic nitrogens is 2. The highest BCUT2D eigenvalue weighted by atomic mass is 35.5. The van der Waals surface area contributed by atoms with Crippen molar-refractivity contribution in [2.45, 2.75) is 6.04 Å². The maximum atomic E-state index is 12.3. The van der Waals surface area contributed by atoms with Crippen molar-refractivity contribution < 1.29 is 4.79 Å². The Morgan fingerprint density at radius 3 is 2.61 bits per heavy atom. The Kier molecular flexibility index (Phi) is 6.63. The molecule has 1 amide bonds. The van der Waals surface area contributed by atoms with Crippen LogP contribution in [0.3, 0.4) is 0 Å². The van der Waals surface area contributed by atoms with E-state index in [2.05, 4.69) is 10.4 Å². The van der Waals surface area contributed by atoms with Crippen molar-refractivity contribution in [2.24, 2.45) is 0 Å². The zero-order valence-corrected chi connectivity index (χ0v) is 16.7. The smallest absolute Gasteiger partial charge is 0.244 e. The molecule has 0 saturated heterocycles. The summed E-state index contributed by atoms with van der Waals surface area (Å²) in [7, 11) is 3.93. The molecule has 6 heteroatoms. The lowest BCUT2D eigenvalue weighted by atomic mass is 10.1. The molecule has 28 heavy (non-hydrogen) atoms. The Labute approximate surface area is 170 Å². The third-order valence-electron chi connectivity index (χ3n) is 4.41. The third-order valence-corrected chi connectivity index (χ3v) is 4.75. The molecule has 2 aromatic carbocycles. The molecule has 1 heterocycles. The summed E-state index contributed by atoms with van der Waals surface area (Å²) >= 11 is 6.31. The zero-order valence-electron chi connectivity index (χ0n) is 15.9. The summed E-state index contributed by atoms with van der Waals surface area (Å²) in [6.45, 7) is 0.461. The Hall–Kier alpha value is -2.89. The predicted molar refractivity (Wildman–Crippen MR) is 113 cm³/mol. The lowest BCUT2D eigenvalue weighted by Crippen LogP contribution is -2.33. The van der Waals surface area contributed by atoms with E-state index in [0.717, 1.165) is 16.8 Å². The van der Waals surface area contributed by atoms with Crippen LogP contribution in [-0.2, 0) is 4.79 Å². The average Bonchev–Trinajstić information content (AvgIpc) is 3.17. The molecule has 1 unspecified atom stereocenters. The van der Waals surface area contributed by atoms with E-state index < -0.39 is 0 Å². The fourth-order valence-electron chi connectivity index (χ4n) is 2.89. The number of para-hydroxylation sites is 1. The van der Waals surface area contributed by atoms with Crippen molar-refractivity contribution >= 4 is 23.6 Å². The van der Waals surface area contributed by atoms with Gasteiger partial charge in [-0.05, 0) is 43.9 Å². The molecule has 1 aromatic heterocycles. The summed E-state index contributed by atoms with van der Waals surface area (Å²) in [6, 6.07) is 17.5. The summed E-state index contributed by atoms with van der Waals surface area (Å²) in [5.74, 6) is -0.161. The first-order valence-corrected chi connectivity index (χ1v) is 9.39. The van der Waals surface area contributed by atoms with Gasteiger partial charge in [-0.3, -0.25) is 4.79 Å². The number of nitrogens with one attached hydrogen (secondary N) is 1. The van der Waals surface area contributed by atoms with E-state index >= 15 is 0 Å². The van der Waals surface area contributed by atoms with E-state index in [9.17, 15) is 4.79 Å². The van der Waals surface area contributed by atoms with Gasteiger partial charge in [0.25, 0.3) is 0 Å². The zero-order chi connectivity index (χ0) is 19.9. The van der Waals surface area contributed by atoms with E-state index in [-0.39, 0.29) is 11.9 Å². The summed E-state index contributed by atoms with van der Waals surface area (Å²) in [5, 5.41) is 7.96. The second-order valence-electron chi connectivity index (χ2n) is 6.63. The van der Waals surface area contributed by atoms with Crippen LogP contribution in [0.5, 0.6) is 0 Å². The lowest BCUT2D eigenvalue weighted by molar-refractivity contribution is -0.116. The highest BCUT2D eigenvalue weighted by Gasteiger charge is 2.17. The van der Waals surface area contributed by atoms with E-state index in [4.69, 9.17) is 11.6 Å². The lowest BCUT2D eigenvalue weighted by Gasteiger charge is -2.25. The van der Waals surface area contributed by atoms with Crippen LogP contribution in [0.25, 0.3) is 11.8 Å². The first kappa shape index (κ1) is 19.9. The van der Waals surface area contributed by atoms with Crippen molar-refractivity contribution in [3.8, 4) is 5.69 Å². The predicted octanol–water partition coefficient (Wildman–Crippen LogP) is 3.96. The van der Waals surface area contributed by atoms with Gasteiger partial charge in [-0.2, -0.15) is 5.10 Å². The van der Waals surface area contributed by atoms with Crippen LogP contribution < -0.4 is 5.32 Å². The Morgan fingerprint density at radius 2 is 1.89 bits per heavy atom. The van der Waals surface area contributed by atoms with Gasteiger partial charge in [0.1, 0.15) is 0 Å². The fourth-order valence-corrected chi connectivity index (χ4v) is 3.15. The number of carbonyl (C=O) groups excluding carboxylic acids is 1. The number of benzene rings is 2. The molecule has 0 aliphatic carbocycles. The molecule has 3 rings (SSSR count). The quantitative estimate of drug-likeness (QED) is 0.617. The van der Waals surface area contributed by atoms with Gasteiger partial charge >= 0.3 is 0 Å². The second-order valence-corrected chi connectivity index (χ2v) is 7.04. The number of hydrogen-bond acceptors (Lipinski definition) is 3. The van der Waals surface area contributed by atoms with Crippen LogP contribution >= 0.6 is 11.6 Å². The maximum Gasteiger partial charge on any atom is 0.244 e. The fraction of sp³-hybridized carbons (Fsp3) is 0.182. The van der Waals surface area contributed by atoms with Crippen molar-refractivity contribution in [3.05, 3.63) is 89.2 Å². The minimum absolute atomic E-state index is 0.00752. The number of halogens is 1. The van der Waals surface area contributed by atoms with Crippen LogP contribution in [-0.4, -0.2) is 41.2 Å². The molecule has 0 fully saturated rings. The van der Waals surface area contributed by atoms with Gasteiger partial charge in [-0.15, -0.1) is 0 Å². The first-order chi connectivity index (χ1) is 13.5. The van der Waals surface area contributed by atoms with Crippen LogP contribution in [0, 0.1) is 0 Å². The molecule has 1 atom stereocenters. The molecule has 144 valence electrons. The molecule has 0 saturated carbocycles. The first-order valence-electron chi connectivity index (χ1n) is 9.01. The Balaban J connectivity index is 1.60. The monoisotopic (exact) mass is 394 g/mol. The molecule has 3 aromatic rings. The highest BCUT2D eigenvalue weighted by molar-refractivity contribution is 6.31. The Bertz CT molecular complexity index is 950. The minimum atomic E-state index is -0.161. The second kappa shape index (κ2) is 9.35. The van der Waals surface area contributed by atoms with E-state index in [1.807, 2.05) is 79.8 Å². The number of rotatable bonds is 7. The largest absolute Gasteiger partial charge is 0.351 e. The molecule has 0 radical (unpaired) electrons. The van der Waals surface area contributed by atoms with Gasteiger partial charge in [0.2, 0.25) is 5.91 Å². The molecule has 0 aliphatic heterocycles. The molecule has 1 N–H and O–H groups in total. The SMILES string of the molecule is CN(C)C(CNC(=O)C=Cc1cnn(-c2ccccc2)c1)c1ccccc1Cl. The maximum absolute atomic E-state index is 12.3. The number of hydrogen-bond donors (Lipinski definition) is 1. The van der Waals surface area contributed by atoms with Gasteiger partial charge in [0.15, 0.2) is 0 Å². The Morgan fingerprint density at radius 1 is 1.18 bits per heavy atom. The van der Waals surface area contributed by atoms with Gasteiger partial charge in [-0.25, -0.2) is 4.68 Å². The molecule has 5 nitrogen and oxygen atoms in total. The molecule has 0 spiro atoms. The summed E-state index contributed by atoms with van der Waals surface area (Å²) in [6.07, 6.45) is 6.88. The van der Waals surface area contributed by atoms with Crippen molar-refractivity contribution in [2.75, 3.05) is 20.6 Å². The third kappa shape index (κ3) is 5.09. The molecular weight excluding hydrogens is 372 g/mol. The normalized spacial score (nSPS) is 12.4. The molecular formula is C22H23ClN4O. The number of nitrogens with zero attached hydrogens (tertiary/aromatic N) is 3. The van der Waals surface area contributed by atoms with Gasteiger partial charge in [-0.1, -0.05) is 48.0 Å². The van der Waals surface area contributed by atoms with Gasteiger partial charge < -0.3 is 10.2 Å². The van der Waals surface area contributed by atoms with Crippen molar-refractivity contribution in [3.63, 3.8) is 0 Å². The van der Waals surface area contributed by atoms with Gasteiger partial charge in [0.05, 0.1) is 17.9 Å². The number of amides is 1. The van der Waals surface area contributed by atoms with Crippen LogP contribution in [0.1, 0.15) is 17.2 Å². The molecule has 0 aliphatic rings. The topological polar surface area (TPSA) is 50.2 Å². The van der Waals surface area contributed by atoms with E-state index in [1.54, 1.807) is 17.0 Å². The summed E-state index contributed by atoms with van der Waals surface area (Å²) in [5.41, 5.74) is 2.82. The van der Waals surface area contributed by atoms with E-state index in [0.29, 0.717) is 11.6 Å². The minimum Gasteiger partial charge on any atom is -0.351 e. The number of likely N-dealkylation sites (N-methyl/N-ethyl adjacent to an activating group) is 1. The summed E-state index contributed by atoms with van der Waals surface area (Å²) in [4.78, 5) is 14.3. The average molecular weight is 395 g/mol. The van der Waals surface area contributed by atoms with Gasteiger partial charge in [0, 0.05) is 29.4 Å². The number of carbonyl (C=O) groups is 1. The standard InChI is InChI=1S/C22H23ClN4O/c1-26(2)21(19-10-6-7-11-20(19)23)15-24-22(28)13-12-17-14-25-27(16-17)18-8-4-3-5-9-18/h3-14,16,21H,15H2,1-2H3,(H,24,28). The van der Waals surface area contributed by atoms with Crippen LogP contribution in [0.2, 0.25) is 5.02 Å². The summed E-state index contributed by atoms with van der Waals surface area (Å²) < 4.78 is 1.77. The van der Waals surface area contributed by atoms with E-state index in [1.165, 1.54) is 6.08 Å².